The third kappa shape index (κ3) is 5.66. The predicted molar refractivity (Wildman–Crippen MR) is 42.0 cm³/mol. The maximum absolute atomic E-state index is 10.8. The van der Waals surface area contributed by atoms with Crippen molar-refractivity contribution in [1.29, 1.82) is 0 Å². The molecule has 0 aliphatic rings. The minimum absolute atomic E-state index is 0.421. The fraction of sp³-hybridized carbons (Fsp3) is 0.571. The zero-order chi connectivity index (χ0) is 10.4. The van der Waals surface area contributed by atoms with Crippen LogP contribution in [0.15, 0.2) is 0 Å². The van der Waals surface area contributed by atoms with Crippen LogP contribution in [0.5, 0.6) is 0 Å². The van der Waals surface area contributed by atoms with Crippen LogP contribution in [-0.4, -0.2) is 29.7 Å². The average molecular weight is 189 g/mol. The normalized spacial score (nSPS) is 9.46. The summed E-state index contributed by atoms with van der Waals surface area (Å²) in [4.78, 5) is 31.4. The lowest BCUT2D eigenvalue weighted by atomic mass is 10.2. The van der Waals surface area contributed by atoms with Gasteiger partial charge in [-0.05, 0) is 0 Å². The van der Waals surface area contributed by atoms with E-state index in [1.165, 1.54) is 0 Å². The van der Waals surface area contributed by atoms with Gasteiger partial charge in [-0.1, -0.05) is 13.8 Å². The van der Waals surface area contributed by atoms with Crippen molar-refractivity contribution >= 4 is 18.0 Å². The van der Waals surface area contributed by atoms with E-state index in [1.54, 1.807) is 13.8 Å². The molecule has 0 fully saturated rings. The number of ether oxygens (including phenoxy) is 1. The van der Waals surface area contributed by atoms with Crippen molar-refractivity contribution in [3.05, 3.63) is 0 Å². The summed E-state index contributed by atoms with van der Waals surface area (Å²) in [7, 11) is 0. The minimum Gasteiger partial charge on any atom is -0.480 e. The highest BCUT2D eigenvalue weighted by atomic mass is 16.6. The van der Waals surface area contributed by atoms with Crippen LogP contribution in [0.25, 0.3) is 0 Å². The minimum atomic E-state index is -1.20. The van der Waals surface area contributed by atoms with Crippen LogP contribution in [-0.2, 0) is 14.3 Å². The van der Waals surface area contributed by atoms with Crippen LogP contribution < -0.4 is 5.32 Å². The first kappa shape index (κ1) is 11.4. The number of aliphatic carboxylic acids is 1. The quantitative estimate of drug-likeness (QED) is 0.480. The second-order valence-corrected chi connectivity index (χ2v) is 2.61. The zero-order valence-corrected chi connectivity index (χ0v) is 7.36. The monoisotopic (exact) mass is 189 g/mol. The maximum Gasteiger partial charge on any atom is 0.415 e. The highest BCUT2D eigenvalue weighted by Gasteiger charge is 2.13. The number of rotatable bonds is 3. The number of carboxylic acid groups (broad SMARTS) is 1. The topological polar surface area (TPSA) is 92.7 Å². The molecule has 0 saturated carbocycles. The third-order valence-corrected chi connectivity index (χ3v) is 1.05. The van der Waals surface area contributed by atoms with Crippen molar-refractivity contribution in [3.63, 3.8) is 0 Å². The van der Waals surface area contributed by atoms with Crippen molar-refractivity contribution in [2.75, 3.05) is 6.54 Å². The largest absolute Gasteiger partial charge is 0.480 e. The first-order chi connectivity index (χ1) is 5.93. The molecule has 0 atom stereocenters. The summed E-state index contributed by atoms with van der Waals surface area (Å²) in [6, 6.07) is 0. The van der Waals surface area contributed by atoms with Gasteiger partial charge in [-0.3, -0.25) is 9.59 Å². The molecule has 0 aromatic carbocycles. The Balaban J connectivity index is 3.75. The Kier molecular flexibility index (Phi) is 4.50. The van der Waals surface area contributed by atoms with Gasteiger partial charge in [-0.25, -0.2) is 4.79 Å². The summed E-state index contributed by atoms with van der Waals surface area (Å²) in [6.07, 6.45) is -1.04. The van der Waals surface area contributed by atoms with Gasteiger partial charge in [-0.15, -0.1) is 0 Å². The van der Waals surface area contributed by atoms with Crippen molar-refractivity contribution in [3.8, 4) is 0 Å². The second kappa shape index (κ2) is 5.13. The molecule has 0 spiro atoms. The fourth-order valence-corrected chi connectivity index (χ4v) is 0.393. The standard InChI is InChI=1S/C7H11NO5/c1-4(2)6(11)13-7(12)8-3-5(9)10/h4H,3H2,1-2H3,(H,8,12)(H,9,10). The smallest absolute Gasteiger partial charge is 0.415 e. The highest BCUT2D eigenvalue weighted by molar-refractivity contribution is 5.86. The van der Waals surface area contributed by atoms with Crippen molar-refractivity contribution in [1.82, 2.24) is 5.32 Å². The predicted octanol–water partition coefficient (Wildman–Crippen LogP) is -0.0202. The molecule has 0 radical (unpaired) electrons. The molecule has 0 saturated heterocycles. The molecule has 0 rings (SSSR count). The van der Waals surface area contributed by atoms with Crippen LogP contribution in [0.4, 0.5) is 4.79 Å². The lowest BCUT2D eigenvalue weighted by molar-refractivity contribution is -0.141. The summed E-state index contributed by atoms with van der Waals surface area (Å²) in [5.74, 6) is -2.31. The van der Waals surface area contributed by atoms with Gasteiger partial charge in [0.1, 0.15) is 6.54 Å². The van der Waals surface area contributed by atoms with Gasteiger partial charge in [0.15, 0.2) is 0 Å². The number of carbonyl (C=O) groups is 3. The first-order valence-electron chi connectivity index (χ1n) is 3.64. The summed E-state index contributed by atoms with van der Waals surface area (Å²) >= 11 is 0. The van der Waals surface area contributed by atoms with Crippen LogP contribution >= 0.6 is 0 Å². The van der Waals surface area contributed by atoms with Crippen LogP contribution in [0.2, 0.25) is 0 Å². The van der Waals surface area contributed by atoms with E-state index in [-0.39, 0.29) is 0 Å². The molecule has 13 heavy (non-hydrogen) atoms. The fourth-order valence-electron chi connectivity index (χ4n) is 0.393. The number of alkyl carbamates (subject to hydrolysis) is 1. The van der Waals surface area contributed by atoms with Gasteiger partial charge in [0.05, 0.1) is 5.92 Å². The molecule has 6 nitrogen and oxygen atoms in total. The van der Waals surface area contributed by atoms with Crippen LogP contribution in [0, 0.1) is 5.92 Å². The summed E-state index contributed by atoms with van der Waals surface area (Å²) in [6.45, 7) is 2.56. The molecular formula is C7H11NO5. The van der Waals surface area contributed by atoms with Gasteiger partial charge in [-0.2, -0.15) is 0 Å². The molecule has 0 aromatic heterocycles. The molecule has 0 aromatic rings. The van der Waals surface area contributed by atoms with Crippen LogP contribution in [0.1, 0.15) is 13.8 Å². The maximum atomic E-state index is 10.8. The number of esters is 1. The Bertz CT molecular complexity index is 223. The molecule has 6 heteroatoms. The third-order valence-electron chi connectivity index (χ3n) is 1.05. The van der Waals surface area contributed by atoms with Gasteiger partial charge < -0.3 is 15.2 Å². The van der Waals surface area contributed by atoms with E-state index in [1.807, 2.05) is 5.32 Å². The van der Waals surface area contributed by atoms with E-state index >= 15 is 0 Å². The second-order valence-electron chi connectivity index (χ2n) is 2.61. The van der Waals surface area contributed by atoms with Gasteiger partial charge in [0.2, 0.25) is 0 Å². The Morgan fingerprint density at radius 1 is 1.38 bits per heavy atom. The van der Waals surface area contributed by atoms with E-state index in [0.717, 1.165) is 0 Å². The van der Waals surface area contributed by atoms with Crippen LogP contribution in [0.3, 0.4) is 0 Å². The van der Waals surface area contributed by atoms with E-state index in [4.69, 9.17) is 5.11 Å². The summed E-state index contributed by atoms with van der Waals surface area (Å²) < 4.78 is 4.21. The number of hydrogen-bond donors (Lipinski definition) is 2. The number of carboxylic acids is 1. The molecule has 2 N–H and O–H groups in total. The molecule has 0 aliphatic heterocycles. The molecule has 0 bridgehead atoms. The molecule has 0 aliphatic carbocycles. The Labute approximate surface area is 74.9 Å². The van der Waals surface area contributed by atoms with Crippen molar-refractivity contribution in [2.45, 2.75) is 13.8 Å². The van der Waals surface area contributed by atoms with Gasteiger partial charge in [0.25, 0.3) is 0 Å². The number of carbonyl (C=O) groups excluding carboxylic acids is 2. The molecule has 0 heterocycles. The lowest BCUT2D eigenvalue weighted by Crippen LogP contribution is -2.32. The Morgan fingerprint density at radius 3 is 2.31 bits per heavy atom. The van der Waals surface area contributed by atoms with Crippen molar-refractivity contribution in [2.24, 2.45) is 5.92 Å². The SMILES string of the molecule is CC(C)C(=O)OC(=O)NCC(=O)O. The Hall–Kier alpha value is -1.59. The molecule has 0 unspecified atom stereocenters. The van der Waals surface area contributed by atoms with E-state index < -0.39 is 30.5 Å². The van der Waals surface area contributed by atoms with E-state index in [9.17, 15) is 14.4 Å². The average Bonchev–Trinajstić information content (AvgIpc) is 2.00. The first-order valence-corrected chi connectivity index (χ1v) is 3.64. The van der Waals surface area contributed by atoms with Gasteiger partial charge >= 0.3 is 18.0 Å². The lowest BCUT2D eigenvalue weighted by Gasteiger charge is -2.04. The Morgan fingerprint density at radius 2 is 1.92 bits per heavy atom. The summed E-state index contributed by atoms with van der Waals surface area (Å²) in [5.41, 5.74) is 0. The number of hydrogen-bond acceptors (Lipinski definition) is 4. The van der Waals surface area contributed by atoms with Gasteiger partial charge in [0, 0.05) is 0 Å². The number of nitrogens with one attached hydrogen (secondary N) is 1. The molecule has 74 valence electrons. The zero-order valence-electron chi connectivity index (χ0n) is 7.36. The highest BCUT2D eigenvalue weighted by Crippen LogP contribution is 1.95. The molecule has 1 amide bonds. The summed E-state index contributed by atoms with van der Waals surface area (Å²) in [5, 5.41) is 10.0. The molecular weight excluding hydrogens is 178 g/mol. The number of amides is 1. The van der Waals surface area contributed by atoms with E-state index in [2.05, 4.69) is 4.74 Å². The van der Waals surface area contributed by atoms with Crippen molar-refractivity contribution < 1.29 is 24.2 Å². The van der Waals surface area contributed by atoms with E-state index in [0.29, 0.717) is 0 Å².